The highest BCUT2D eigenvalue weighted by atomic mass is 79.9. The highest BCUT2D eigenvalue weighted by Gasteiger charge is 2.30. The number of alkyl halides is 3. The van der Waals surface area contributed by atoms with E-state index in [1.165, 1.54) is 12.1 Å². The SMILES string of the molecule is Nc1cc(C(F)(F)F)ccc1Oc1ccc(Br)c(F)c1. The van der Waals surface area contributed by atoms with Gasteiger partial charge in [0.1, 0.15) is 17.3 Å². The molecule has 0 bridgehead atoms. The number of nitrogen functional groups attached to an aromatic ring is 1. The minimum absolute atomic E-state index is 0.0275. The number of ether oxygens (including phenoxy) is 1. The zero-order valence-electron chi connectivity index (χ0n) is 9.84. The van der Waals surface area contributed by atoms with E-state index in [1.807, 2.05) is 0 Å². The molecule has 106 valence electrons. The van der Waals surface area contributed by atoms with Crippen molar-refractivity contribution in [1.29, 1.82) is 0 Å². The summed E-state index contributed by atoms with van der Waals surface area (Å²) in [5, 5.41) is 0. The maximum absolute atomic E-state index is 13.3. The average Bonchev–Trinajstić information content (AvgIpc) is 2.35. The van der Waals surface area contributed by atoms with Crippen molar-refractivity contribution >= 4 is 21.6 Å². The molecule has 0 atom stereocenters. The molecule has 0 spiro atoms. The fourth-order valence-corrected chi connectivity index (χ4v) is 1.73. The van der Waals surface area contributed by atoms with Gasteiger partial charge in [0.15, 0.2) is 0 Å². The predicted molar refractivity (Wildman–Crippen MR) is 70.0 cm³/mol. The lowest BCUT2D eigenvalue weighted by molar-refractivity contribution is -0.137. The predicted octanol–water partition coefficient (Wildman–Crippen LogP) is 4.98. The van der Waals surface area contributed by atoms with Crippen LogP contribution in [0.15, 0.2) is 40.9 Å². The molecule has 0 aromatic heterocycles. The van der Waals surface area contributed by atoms with Crippen LogP contribution in [0.25, 0.3) is 0 Å². The summed E-state index contributed by atoms with van der Waals surface area (Å²) in [6.45, 7) is 0. The highest BCUT2D eigenvalue weighted by Crippen LogP contribution is 2.35. The van der Waals surface area contributed by atoms with Crippen molar-refractivity contribution in [2.24, 2.45) is 0 Å². The standard InChI is InChI=1S/C13H8BrF4NO/c14-9-3-2-8(6-10(9)15)20-12-4-1-7(5-11(12)19)13(16,17)18/h1-6H,19H2. The quantitative estimate of drug-likeness (QED) is 0.612. The smallest absolute Gasteiger partial charge is 0.416 e. The van der Waals surface area contributed by atoms with E-state index in [2.05, 4.69) is 15.9 Å². The number of rotatable bonds is 2. The molecule has 0 fully saturated rings. The number of benzene rings is 2. The molecule has 2 aromatic rings. The van der Waals surface area contributed by atoms with Gasteiger partial charge in [0.2, 0.25) is 0 Å². The lowest BCUT2D eigenvalue weighted by Gasteiger charge is -2.12. The Hall–Kier alpha value is -1.76. The van der Waals surface area contributed by atoms with Crippen LogP contribution in [0.1, 0.15) is 5.56 Å². The van der Waals surface area contributed by atoms with Crippen LogP contribution < -0.4 is 10.5 Å². The molecule has 2 N–H and O–H groups in total. The maximum Gasteiger partial charge on any atom is 0.416 e. The molecule has 0 heterocycles. The summed E-state index contributed by atoms with van der Waals surface area (Å²) < 4.78 is 56.2. The molecule has 7 heteroatoms. The van der Waals surface area contributed by atoms with Gasteiger partial charge >= 0.3 is 6.18 Å². The van der Waals surface area contributed by atoms with Crippen molar-refractivity contribution in [1.82, 2.24) is 0 Å². The van der Waals surface area contributed by atoms with E-state index in [0.29, 0.717) is 0 Å². The topological polar surface area (TPSA) is 35.2 Å². The average molecular weight is 350 g/mol. The number of anilines is 1. The second-order valence-electron chi connectivity index (χ2n) is 3.93. The molecular formula is C13H8BrF4NO. The summed E-state index contributed by atoms with van der Waals surface area (Å²) in [6.07, 6.45) is -4.48. The molecule has 0 aliphatic carbocycles. The van der Waals surface area contributed by atoms with E-state index in [-0.39, 0.29) is 21.7 Å². The van der Waals surface area contributed by atoms with E-state index in [1.54, 1.807) is 0 Å². The van der Waals surface area contributed by atoms with E-state index < -0.39 is 17.6 Å². The molecule has 0 saturated carbocycles. The van der Waals surface area contributed by atoms with Gasteiger partial charge in [-0.2, -0.15) is 13.2 Å². The lowest BCUT2D eigenvalue weighted by atomic mass is 10.2. The summed E-state index contributed by atoms with van der Waals surface area (Å²) in [5.74, 6) is -0.384. The Bertz CT molecular complexity index is 643. The molecule has 0 amide bonds. The summed E-state index contributed by atoms with van der Waals surface area (Å²) in [5.41, 5.74) is 4.46. The zero-order valence-corrected chi connectivity index (χ0v) is 11.4. The van der Waals surface area contributed by atoms with Crippen LogP contribution in [0.5, 0.6) is 11.5 Å². The van der Waals surface area contributed by atoms with Gasteiger partial charge in [0.25, 0.3) is 0 Å². The normalized spacial score (nSPS) is 11.4. The third-order valence-corrected chi connectivity index (χ3v) is 3.10. The Kier molecular flexibility index (Phi) is 3.89. The molecular weight excluding hydrogens is 342 g/mol. The summed E-state index contributed by atoms with van der Waals surface area (Å²) >= 11 is 2.98. The molecule has 2 aromatic carbocycles. The molecule has 0 aliphatic heterocycles. The second kappa shape index (κ2) is 5.32. The second-order valence-corrected chi connectivity index (χ2v) is 4.78. The fraction of sp³-hybridized carbons (Fsp3) is 0.0769. The third-order valence-electron chi connectivity index (χ3n) is 2.46. The van der Waals surface area contributed by atoms with Crippen LogP contribution in [0.3, 0.4) is 0 Å². The Labute approximate surface area is 120 Å². The summed E-state index contributed by atoms with van der Waals surface area (Å²) in [4.78, 5) is 0. The molecule has 2 nitrogen and oxygen atoms in total. The van der Waals surface area contributed by atoms with Gasteiger partial charge in [0.05, 0.1) is 15.7 Å². The Morgan fingerprint density at radius 1 is 1.05 bits per heavy atom. The first-order valence-electron chi connectivity index (χ1n) is 5.37. The van der Waals surface area contributed by atoms with E-state index in [4.69, 9.17) is 10.5 Å². The van der Waals surface area contributed by atoms with Crippen molar-refractivity contribution in [3.63, 3.8) is 0 Å². The summed E-state index contributed by atoms with van der Waals surface area (Å²) in [7, 11) is 0. The first-order chi connectivity index (χ1) is 9.27. The van der Waals surface area contributed by atoms with Crippen LogP contribution in [0.2, 0.25) is 0 Å². The van der Waals surface area contributed by atoms with E-state index in [9.17, 15) is 17.6 Å². The van der Waals surface area contributed by atoms with Crippen LogP contribution in [-0.4, -0.2) is 0 Å². The zero-order chi connectivity index (χ0) is 14.9. The van der Waals surface area contributed by atoms with Gasteiger partial charge in [-0.1, -0.05) is 0 Å². The monoisotopic (exact) mass is 349 g/mol. The maximum atomic E-state index is 13.3. The minimum Gasteiger partial charge on any atom is -0.455 e. The van der Waals surface area contributed by atoms with Crippen LogP contribution in [0.4, 0.5) is 23.2 Å². The molecule has 20 heavy (non-hydrogen) atoms. The Morgan fingerprint density at radius 3 is 2.30 bits per heavy atom. The van der Waals surface area contributed by atoms with Crippen molar-refractivity contribution in [3.8, 4) is 11.5 Å². The van der Waals surface area contributed by atoms with Crippen molar-refractivity contribution in [3.05, 3.63) is 52.3 Å². The van der Waals surface area contributed by atoms with Gasteiger partial charge in [-0.05, 0) is 46.3 Å². The van der Waals surface area contributed by atoms with Gasteiger partial charge in [-0.3, -0.25) is 0 Å². The molecule has 0 aliphatic rings. The van der Waals surface area contributed by atoms with Gasteiger partial charge in [0, 0.05) is 6.07 Å². The first-order valence-corrected chi connectivity index (χ1v) is 6.16. The summed E-state index contributed by atoms with van der Waals surface area (Å²) in [6, 6.07) is 6.69. The number of hydrogen-bond acceptors (Lipinski definition) is 2. The van der Waals surface area contributed by atoms with E-state index >= 15 is 0 Å². The van der Waals surface area contributed by atoms with Gasteiger partial charge in [-0.15, -0.1) is 0 Å². The minimum atomic E-state index is -4.48. The van der Waals surface area contributed by atoms with E-state index in [0.717, 1.165) is 24.3 Å². The molecule has 2 rings (SSSR count). The van der Waals surface area contributed by atoms with Crippen molar-refractivity contribution < 1.29 is 22.3 Å². The lowest BCUT2D eigenvalue weighted by Crippen LogP contribution is -2.06. The number of halogens is 5. The van der Waals surface area contributed by atoms with Crippen LogP contribution in [-0.2, 0) is 6.18 Å². The first kappa shape index (κ1) is 14.6. The number of nitrogens with two attached hydrogens (primary N) is 1. The fourth-order valence-electron chi connectivity index (χ4n) is 1.49. The molecule has 0 unspecified atom stereocenters. The Balaban J connectivity index is 2.28. The van der Waals surface area contributed by atoms with Gasteiger partial charge in [-0.25, -0.2) is 4.39 Å². The molecule has 0 radical (unpaired) electrons. The van der Waals surface area contributed by atoms with Gasteiger partial charge < -0.3 is 10.5 Å². The van der Waals surface area contributed by atoms with Crippen molar-refractivity contribution in [2.75, 3.05) is 5.73 Å². The van der Waals surface area contributed by atoms with Crippen LogP contribution in [0, 0.1) is 5.82 Å². The molecule has 0 saturated heterocycles. The number of hydrogen-bond donors (Lipinski definition) is 1. The largest absolute Gasteiger partial charge is 0.455 e. The third kappa shape index (κ3) is 3.22. The van der Waals surface area contributed by atoms with Crippen molar-refractivity contribution in [2.45, 2.75) is 6.18 Å². The Morgan fingerprint density at radius 2 is 1.75 bits per heavy atom. The highest BCUT2D eigenvalue weighted by molar-refractivity contribution is 9.10. The van der Waals surface area contributed by atoms with Crippen LogP contribution >= 0.6 is 15.9 Å².